The molecule has 1 aromatic carbocycles. The third-order valence-electron chi connectivity index (χ3n) is 5.30. The minimum absolute atomic E-state index is 0.209. The first kappa shape index (κ1) is 19.4. The van der Waals surface area contributed by atoms with Gasteiger partial charge in [-0.15, -0.1) is 0 Å². The van der Waals surface area contributed by atoms with E-state index >= 15 is 0 Å². The van der Waals surface area contributed by atoms with Gasteiger partial charge in [0.1, 0.15) is 5.56 Å². The van der Waals surface area contributed by atoms with Crippen molar-refractivity contribution in [1.29, 1.82) is 0 Å². The fraction of sp³-hybridized carbons (Fsp3) is 0.455. The van der Waals surface area contributed by atoms with Crippen LogP contribution in [0.1, 0.15) is 47.3 Å². The fourth-order valence-corrected chi connectivity index (χ4v) is 3.76. The second kappa shape index (κ2) is 9.00. The average Bonchev–Trinajstić information content (AvgIpc) is 2.68. The van der Waals surface area contributed by atoms with E-state index < -0.39 is 0 Å². The van der Waals surface area contributed by atoms with E-state index in [9.17, 15) is 9.59 Å². The van der Waals surface area contributed by atoms with Crippen LogP contribution in [0.2, 0.25) is 0 Å². The first-order valence-corrected chi connectivity index (χ1v) is 9.71. The molecule has 0 radical (unpaired) electrons. The minimum Gasteiger partial charge on any atom is -0.383 e. The van der Waals surface area contributed by atoms with Crippen molar-refractivity contribution < 1.29 is 9.53 Å². The highest BCUT2D eigenvalue weighted by Crippen LogP contribution is 2.21. The largest absolute Gasteiger partial charge is 0.383 e. The Morgan fingerprint density at radius 2 is 1.81 bits per heavy atom. The monoisotopic (exact) mass is 368 g/mol. The van der Waals surface area contributed by atoms with Crippen LogP contribution in [0.4, 0.5) is 5.69 Å². The molecule has 0 fully saturated rings. The summed E-state index contributed by atoms with van der Waals surface area (Å²) in [5, 5.41) is 0. The van der Waals surface area contributed by atoms with Gasteiger partial charge in [0.25, 0.3) is 11.5 Å². The Balaban J connectivity index is 2.05. The van der Waals surface area contributed by atoms with Crippen molar-refractivity contribution in [2.75, 3.05) is 25.7 Å². The van der Waals surface area contributed by atoms with E-state index in [1.54, 1.807) is 23.6 Å². The number of methoxy groups -OCH3 is 1. The van der Waals surface area contributed by atoms with Crippen LogP contribution in [-0.2, 0) is 24.1 Å². The summed E-state index contributed by atoms with van der Waals surface area (Å²) in [6, 6.07) is 11.3. The third-order valence-corrected chi connectivity index (χ3v) is 5.30. The molecule has 1 aliphatic rings. The second-order valence-electron chi connectivity index (χ2n) is 7.09. The summed E-state index contributed by atoms with van der Waals surface area (Å²) in [5.74, 6) is -0.262. The molecule has 0 N–H and O–H groups in total. The maximum atomic E-state index is 13.2. The van der Waals surface area contributed by atoms with Gasteiger partial charge in [-0.25, -0.2) is 0 Å². The maximum Gasteiger partial charge on any atom is 0.263 e. The molecule has 1 amide bonds. The zero-order valence-corrected chi connectivity index (χ0v) is 16.2. The number of nitrogens with zero attached hydrogens (tertiary/aromatic N) is 2. The van der Waals surface area contributed by atoms with Gasteiger partial charge in [0.2, 0.25) is 0 Å². The lowest BCUT2D eigenvalue weighted by atomic mass is 9.95. The summed E-state index contributed by atoms with van der Waals surface area (Å²) in [6.07, 6.45) is 6.36. The highest BCUT2D eigenvalue weighted by atomic mass is 16.5. The lowest BCUT2D eigenvalue weighted by Gasteiger charge is -2.23. The number of benzene rings is 1. The average molecular weight is 368 g/mol. The van der Waals surface area contributed by atoms with Crippen LogP contribution in [0.15, 0.2) is 41.2 Å². The van der Waals surface area contributed by atoms with Crippen LogP contribution in [0.25, 0.3) is 0 Å². The van der Waals surface area contributed by atoms with Gasteiger partial charge < -0.3 is 14.2 Å². The van der Waals surface area contributed by atoms with Crippen molar-refractivity contribution in [2.45, 2.75) is 45.1 Å². The van der Waals surface area contributed by atoms with Crippen molar-refractivity contribution in [3.63, 3.8) is 0 Å². The number of amides is 1. The number of hydrogen-bond donors (Lipinski definition) is 0. The van der Waals surface area contributed by atoms with Crippen molar-refractivity contribution in [1.82, 2.24) is 4.57 Å². The molecule has 1 aromatic heterocycles. The summed E-state index contributed by atoms with van der Waals surface area (Å²) >= 11 is 0. The Labute approximate surface area is 160 Å². The molecule has 5 heteroatoms. The van der Waals surface area contributed by atoms with Gasteiger partial charge in [0, 0.05) is 32.1 Å². The summed E-state index contributed by atoms with van der Waals surface area (Å²) < 4.78 is 6.98. The van der Waals surface area contributed by atoms with E-state index in [4.69, 9.17) is 4.74 Å². The normalized spacial score (nSPS) is 14.1. The Morgan fingerprint density at radius 1 is 1.11 bits per heavy atom. The number of pyridine rings is 1. The number of fused-ring (bicyclic) bond motifs is 1. The number of para-hydroxylation sites is 1. The molecule has 0 saturated carbocycles. The number of aryl methyl sites for hydroxylation is 1. The van der Waals surface area contributed by atoms with Crippen LogP contribution in [0.3, 0.4) is 0 Å². The van der Waals surface area contributed by atoms with Gasteiger partial charge in [0.05, 0.1) is 6.61 Å². The molecular weight excluding hydrogens is 340 g/mol. The van der Waals surface area contributed by atoms with Gasteiger partial charge in [0.15, 0.2) is 0 Å². The lowest BCUT2D eigenvalue weighted by Crippen LogP contribution is -2.37. The first-order chi connectivity index (χ1) is 13.1. The molecule has 1 aliphatic carbocycles. The van der Waals surface area contributed by atoms with E-state index in [1.807, 2.05) is 36.4 Å². The molecule has 2 aromatic rings. The van der Waals surface area contributed by atoms with Gasteiger partial charge in [-0.2, -0.15) is 0 Å². The molecule has 0 spiro atoms. The molecule has 0 bridgehead atoms. The van der Waals surface area contributed by atoms with Crippen molar-refractivity contribution >= 4 is 11.6 Å². The molecule has 3 rings (SSSR count). The van der Waals surface area contributed by atoms with Crippen molar-refractivity contribution in [3.8, 4) is 0 Å². The Bertz CT molecular complexity index is 843. The number of hydrogen-bond acceptors (Lipinski definition) is 3. The summed E-state index contributed by atoms with van der Waals surface area (Å²) in [7, 11) is 3.35. The van der Waals surface area contributed by atoms with Crippen LogP contribution >= 0.6 is 0 Å². The van der Waals surface area contributed by atoms with Crippen molar-refractivity contribution in [2.24, 2.45) is 0 Å². The topological polar surface area (TPSA) is 51.5 Å². The maximum absolute atomic E-state index is 13.2. The van der Waals surface area contributed by atoms with Crippen LogP contribution in [-0.4, -0.2) is 31.2 Å². The number of carbonyl (C=O) groups excluding carboxylic acids is 1. The molecular formula is C22H28N2O3. The van der Waals surface area contributed by atoms with E-state index in [-0.39, 0.29) is 17.0 Å². The molecule has 0 saturated heterocycles. The van der Waals surface area contributed by atoms with Crippen LogP contribution in [0.5, 0.6) is 0 Å². The first-order valence-electron chi connectivity index (χ1n) is 9.71. The van der Waals surface area contributed by atoms with Crippen molar-refractivity contribution in [3.05, 3.63) is 63.6 Å². The molecule has 144 valence electrons. The number of carbonyl (C=O) groups is 1. The SMILES string of the molecule is COCCn1c2c(cc(C(=O)N(C)c3ccccc3)c1=O)CCCCCC2. The highest BCUT2D eigenvalue weighted by molar-refractivity contribution is 6.05. The summed E-state index contributed by atoms with van der Waals surface area (Å²) in [4.78, 5) is 27.8. The van der Waals surface area contributed by atoms with Gasteiger partial charge in [-0.3, -0.25) is 9.59 Å². The molecule has 5 nitrogen and oxygen atoms in total. The molecule has 0 unspecified atom stereocenters. The van der Waals surface area contributed by atoms with E-state index in [0.717, 1.165) is 42.6 Å². The third kappa shape index (κ3) is 4.30. The fourth-order valence-electron chi connectivity index (χ4n) is 3.76. The number of aromatic nitrogens is 1. The van der Waals surface area contributed by atoms with E-state index in [0.29, 0.717) is 13.2 Å². The van der Waals surface area contributed by atoms with Crippen LogP contribution < -0.4 is 10.5 Å². The predicted molar refractivity (Wildman–Crippen MR) is 108 cm³/mol. The van der Waals surface area contributed by atoms with Crippen LogP contribution in [0, 0.1) is 0 Å². The van der Waals surface area contributed by atoms with Gasteiger partial charge >= 0.3 is 0 Å². The van der Waals surface area contributed by atoms with Gasteiger partial charge in [-0.1, -0.05) is 31.0 Å². The molecule has 0 aliphatic heterocycles. The van der Waals surface area contributed by atoms with E-state index in [2.05, 4.69) is 0 Å². The quantitative estimate of drug-likeness (QED) is 0.812. The zero-order chi connectivity index (χ0) is 19.2. The Kier molecular flexibility index (Phi) is 6.45. The second-order valence-corrected chi connectivity index (χ2v) is 7.09. The molecule has 0 atom stereocenters. The molecule has 27 heavy (non-hydrogen) atoms. The van der Waals surface area contributed by atoms with E-state index in [1.165, 1.54) is 12.8 Å². The lowest BCUT2D eigenvalue weighted by molar-refractivity contribution is 0.0990. The number of anilines is 1. The Morgan fingerprint density at radius 3 is 2.52 bits per heavy atom. The number of ether oxygens (including phenoxy) is 1. The Hall–Kier alpha value is -2.40. The minimum atomic E-state index is -0.262. The zero-order valence-electron chi connectivity index (χ0n) is 16.2. The number of rotatable bonds is 5. The standard InChI is InChI=1S/C22H28N2O3/c1-23(18-11-7-5-8-12-18)21(25)19-16-17-10-6-3-4-9-13-20(17)24(22(19)26)14-15-27-2/h5,7-8,11-12,16H,3-4,6,9-10,13-15H2,1-2H3. The van der Waals surface area contributed by atoms with Gasteiger partial charge in [-0.05, 0) is 49.4 Å². The smallest absolute Gasteiger partial charge is 0.263 e. The molecule has 1 heterocycles. The summed E-state index contributed by atoms with van der Waals surface area (Å²) in [5.41, 5.74) is 3.03. The highest BCUT2D eigenvalue weighted by Gasteiger charge is 2.22. The summed E-state index contributed by atoms with van der Waals surface area (Å²) in [6.45, 7) is 0.937. The predicted octanol–water partition coefficient (Wildman–Crippen LogP) is 3.43.